The molecule has 0 aromatic heterocycles. The number of methoxy groups -OCH3 is 1. The fourth-order valence-electron chi connectivity index (χ4n) is 0.243. The summed E-state index contributed by atoms with van der Waals surface area (Å²) < 4.78 is 4.72. The highest BCUT2D eigenvalue weighted by Crippen LogP contribution is 1.90. The highest BCUT2D eigenvalue weighted by atomic mass is 16.5. The van der Waals surface area contributed by atoms with Gasteiger partial charge in [0.1, 0.15) is 5.76 Å². The van der Waals surface area contributed by atoms with Crippen molar-refractivity contribution >= 4 is 0 Å². The molecule has 68 valence electrons. The molecule has 0 heterocycles. The monoisotopic (exact) mass is 166 g/mol. The summed E-state index contributed by atoms with van der Waals surface area (Å²) in [6, 6.07) is 0. The zero-order valence-electron chi connectivity index (χ0n) is 8.05. The molecule has 0 rings (SSSR count). The predicted molar refractivity (Wildman–Crippen MR) is 56.0 cm³/mol. The van der Waals surface area contributed by atoms with Crippen LogP contribution in [-0.4, -0.2) is 7.11 Å². The maximum absolute atomic E-state index is 4.72. The molecule has 0 amide bonds. The molecular formula is C11H18O. The van der Waals surface area contributed by atoms with Gasteiger partial charge in [-0.25, -0.2) is 0 Å². The lowest BCUT2D eigenvalue weighted by atomic mass is 10.4. The van der Waals surface area contributed by atoms with Crippen LogP contribution in [0.2, 0.25) is 0 Å². The van der Waals surface area contributed by atoms with Crippen molar-refractivity contribution in [3.8, 4) is 0 Å². The molecule has 0 aliphatic heterocycles. The molecule has 0 saturated carbocycles. The van der Waals surface area contributed by atoms with E-state index in [9.17, 15) is 0 Å². The number of rotatable bonds is 4. The molecule has 0 N–H and O–H groups in total. The van der Waals surface area contributed by atoms with Gasteiger partial charge in [0.05, 0.1) is 7.11 Å². The lowest BCUT2D eigenvalue weighted by Crippen LogP contribution is -1.74. The summed E-state index contributed by atoms with van der Waals surface area (Å²) in [5.74, 6) is 0.643. The van der Waals surface area contributed by atoms with Gasteiger partial charge in [0.2, 0.25) is 0 Å². The first-order chi connectivity index (χ1) is 5.72. The number of hydrogen-bond acceptors (Lipinski definition) is 1. The van der Waals surface area contributed by atoms with E-state index in [0.29, 0.717) is 5.76 Å². The second-order valence-corrected chi connectivity index (χ2v) is 1.96. The van der Waals surface area contributed by atoms with Gasteiger partial charge in [-0.1, -0.05) is 38.3 Å². The van der Waals surface area contributed by atoms with Gasteiger partial charge in [0, 0.05) is 0 Å². The van der Waals surface area contributed by atoms with Crippen LogP contribution in [0.15, 0.2) is 49.8 Å². The van der Waals surface area contributed by atoms with E-state index < -0.39 is 0 Å². The molecular weight excluding hydrogens is 148 g/mol. The van der Waals surface area contributed by atoms with Crippen LogP contribution in [0.5, 0.6) is 0 Å². The summed E-state index contributed by atoms with van der Waals surface area (Å²) in [4.78, 5) is 0. The Labute approximate surface area is 75.7 Å². The largest absolute Gasteiger partial charge is 0.497 e. The Morgan fingerprint density at radius 2 is 1.92 bits per heavy atom. The maximum Gasteiger partial charge on any atom is 0.111 e. The Hall–Kier alpha value is -1.24. The van der Waals surface area contributed by atoms with Crippen LogP contribution < -0.4 is 0 Å². The highest BCUT2D eigenvalue weighted by Gasteiger charge is 1.75. The van der Waals surface area contributed by atoms with Gasteiger partial charge in [-0.2, -0.15) is 0 Å². The topological polar surface area (TPSA) is 9.23 Å². The fourth-order valence-corrected chi connectivity index (χ4v) is 0.243. The van der Waals surface area contributed by atoms with Crippen LogP contribution in [0.1, 0.15) is 13.3 Å². The van der Waals surface area contributed by atoms with E-state index in [1.165, 1.54) is 0 Å². The van der Waals surface area contributed by atoms with E-state index in [2.05, 4.69) is 26.7 Å². The van der Waals surface area contributed by atoms with Crippen molar-refractivity contribution in [3.63, 3.8) is 0 Å². The first kappa shape index (κ1) is 13.4. The molecule has 0 saturated heterocycles. The summed E-state index contributed by atoms with van der Waals surface area (Å²) >= 11 is 0. The Bertz CT molecular complexity index is 154. The second kappa shape index (κ2) is 12.4. The minimum absolute atomic E-state index is 0.643. The van der Waals surface area contributed by atoms with Gasteiger partial charge in [0.15, 0.2) is 0 Å². The molecule has 0 unspecified atom stereocenters. The molecule has 12 heavy (non-hydrogen) atoms. The molecule has 0 aromatic rings. The number of allylic oxidation sites excluding steroid dienone is 4. The summed E-state index contributed by atoms with van der Waals surface area (Å²) in [6.07, 6.45) is 8.14. The molecule has 0 aliphatic carbocycles. The van der Waals surface area contributed by atoms with Gasteiger partial charge in [-0.05, 0) is 12.5 Å². The van der Waals surface area contributed by atoms with E-state index >= 15 is 0 Å². The molecule has 0 radical (unpaired) electrons. The van der Waals surface area contributed by atoms with Gasteiger partial charge < -0.3 is 4.74 Å². The van der Waals surface area contributed by atoms with Crippen molar-refractivity contribution in [1.82, 2.24) is 0 Å². The standard InChI is InChI=1S/C7H10O.C4H8/c1-4-5-6-7(2)8-3;1-3-4-2/h4-6H,1-2H2,3H3;3H,1,4H2,2H3/b6-5-;. The van der Waals surface area contributed by atoms with Crippen molar-refractivity contribution < 1.29 is 4.74 Å². The molecule has 1 nitrogen and oxygen atoms in total. The first-order valence-corrected chi connectivity index (χ1v) is 3.85. The van der Waals surface area contributed by atoms with E-state index in [-0.39, 0.29) is 0 Å². The van der Waals surface area contributed by atoms with Crippen molar-refractivity contribution in [2.75, 3.05) is 7.11 Å². The van der Waals surface area contributed by atoms with Crippen LogP contribution in [-0.2, 0) is 4.74 Å². The summed E-state index contributed by atoms with van der Waals surface area (Å²) in [7, 11) is 1.58. The third-order valence-electron chi connectivity index (χ3n) is 0.969. The van der Waals surface area contributed by atoms with Crippen LogP contribution in [0, 0.1) is 0 Å². The number of hydrogen-bond donors (Lipinski definition) is 0. The first-order valence-electron chi connectivity index (χ1n) is 3.85. The van der Waals surface area contributed by atoms with Gasteiger partial charge in [0.25, 0.3) is 0 Å². The summed E-state index contributed by atoms with van der Waals surface area (Å²) in [5.41, 5.74) is 0. The van der Waals surface area contributed by atoms with Crippen molar-refractivity contribution in [3.05, 3.63) is 49.8 Å². The third kappa shape index (κ3) is 15.9. The van der Waals surface area contributed by atoms with Crippen LogP contribution >= 0.6 is 0 Å². The van der Waals surface area contributed by atoms with Gasteiger partial charge in [-0.3, -0.25) is 0 Å². The van der Waals surface area contributed by atoms with E-state index in [1.54, 1.807) is 25.3 Å². The molecule has 0 spiro atoms. The Morgan fingerprint density at radius 1 is 1.42 bits per heavy atom. The second-order valence-electron chi connectivity index (χ2n) is 1.96. The average molecular weight is 166 g/mol. The molecule has 0 aliphatic rings. The van der Waals surface area contributed by atoms with Gasteiger partial charge in [-0.15, -0.1) is 6.58 Å². The van der Waals surface area contributed by atoms with Crippen molar-refractivity contribution in [2.45, 2.75) is 13.3 Å². The molecule has 0 aromatic carbocycles. The quantitative estimate of drug-likeness (QED) is 0.353. The highest BCUT2D eigenvalue weighted by molar-refractivity contribution is 5.12. The van der Waals surface area contributed by atoms with Crippen molar-refractivity contribution in [1.29, 1.82) is 0 Å². The van der Waals surface area contributed by atoms with E-state index in [4.69, 9.17) is 4.74 Å². The lowest BCUT2D eigenvalue weighted by Gasteiger charge is -1.92. The Morgan fingerprint density at radius 3 is 2.17 bits per heavy atom. The van der Waals surface area contributed by atoms with E-state index in [1.807, 2.05) is 6.08 Å². The zero-order chi connectivity index (χ0) is 9.82. The minimum atomic E-state index is 0.643. The third-order valence-corrected chi connectivity index (χ3v) is 0.969. The maximum atomic E-state index is 4.72. The average Bonchev–Trinajstić information content (AvgIpc) is 2.14. The SMILES string of the molecule is C=C/C=C\C(=C)OC.C=CCC. The van der Waals surface area contributed by atoms with Crippen LogP contribution in [0.25, 0.3) is 0 Å². The smallest absolute Gasteiger partial charge is 0.111 e. The van der Waals surface area contributed by atoms with Gasteiger partial charge >= 0.3 is 0 Å². The normalized spacial score (nSPS) is 8.17. The Balaban J connectivity index is 0. The minimum Gasteiger partial charge on any atom is -0.497 e. The lowest BCUT2D eigenvalue weighted by molar-refractivity contribution is 0.309. The molecule has 0 fully saturated rings. The van der Waals surface area contributed by atoms with Crippen LogP contribution in [0.4, 0.5) is 0 Å². The Kier molecular flexibility index (Phi) is 13.8. The zero-order valence-corrected chi connectivity index (χ0v) is 8.05. The summed E-state index contributed by atoms with van der Waals surface area (Å²) in [5, 5.41) is 0. The predicted octanol–water partition coefficient (Wildman–Crippen LogP) is 3.47. The number of ether oxygens (including phenoxy) is 1. The molecule has 0 atom stereocenters. The summed E-state index contributed by atoms with van der Waals surface area (Å²) in [6.45, 7) is 12.6. The fraction of sp³-hybridized carbons (Fsp3) is 0.273. The molecule has 1 heteroatoms. The van der Waals surface area contributed by atoms with E-state index in [0.717, 1.165) is 6.42 Å². The van der Waals surface area contributed by atoms with Crippen LogP contribution in [0.3, 0.4) is 0 Å². The van der Waals surface area contributed by atoms with Crippen molar-refractivity contribution in [2.24, 2.45) is 0 Å². The molecule has 0 bridgehead atoms.